The number of nitrogens with zero attached hydrogens (tertiary/aromatic N) is 1. The summed E-state index contributed by atoms with van der Waals surface area (Å²) in [5.41, 5.74) is 4.14. The zero-order valence-electron chi connectivity index (χ0n) is 15.3. The first-order chi connectivity index (χ1) is 12.6. The topological polar surface area (TPSA) is 43.4 Å². The maximum atomic E-state index is 6.04. The maximum absolute atomic E-state index is 6.04. The van der Waals surface area contributed by atoms with E-state index < -0.39 is 0 Å². The normalized spacial score (nSPS) is 27.5. The number of methoxy groups -OCH3 is 2. The lowest BCUT2D eigenvalue weighted by Gasteiger charge is -2.42. The van der Waals surface area contributed by atoms with Gasteiger partial charge in [0.1, 0.15) is 5.75 Å². The molecule has 26 heavy (non-hydrogen) atoms. The molecule has 5 heteroatoms. The van der Waals surface area contributed by atoms with Crippen LogP contribution in [-0.4, -0.2) is 31.8 Å². The molecule has 3 atom stereocenters. The van der Waals surface area contributed by atoms with E-state index in [0.717, 1.165) is 42.5 Å². The van der Waals surface area contributed by atoms with E-state index in [9.17, 15) is 0 Å². The van der Waals surface area contributed by atoms with E-state index in [2.05, 4.69) is 50.5 Å². The monoisotopic (exact) mass is 416 g/mol. The molecule has 4 nitrogen and oxygen atoms in total. The highest BCUT2D eigenvalue weighted by molar-refractivity contribution is 9.10. The number of hydrogen-bond acceptors (Lipinski definition) is 4. The molecule has 1 N–H and O–H groups in total. The van der Waals surface area contributed by atoms with Crippen molar-refractivity contribution in [2.45, 2.75) is 37.8 Å². The smallest absolute Gasteiger partial charge is 0.119 e. The van der Waals surface area contributed by atoms with E-state index in [1.165, 1.54) is 16.7 Å². The van der Waals surface area contributed by atoms with Gasteiger partial charge in [0.05, 0.1) is 13.2 Å². The molecule has 0 bridgehead atoms. The number of fused-ring (bicyclic) bond motifs is 1. The Balaban J connectivity index is 1.57. The molecule has 1 aliphatic carbocycles. The minimum atomic E-state index is 0.137. The summed E-state index contributed by atoms with van der Waals surface area (Å²) in [6, 6.07) is 9.04. The fourth-order valence-electron chi connectivity index (χ4n) is 4.87. The van der Waals surface area contributed by atoms with E-state index >= 15 is 0 Å². The van der Waals surface area contributed by atoms with Crippen LogP contribution in [0.25, 0.3) is 0 Å². The molecule has 0 amide bonds. The molecule has 2 aliphatic rings. The highest BCUT2D eigenvalue weighted by Gasteiger charge is 2.49. The Morgan fingerprint density at radius 1 is 1.27 bits per heavy atom. The van der Waals surface area contributed by atoms with E-state index in [4.69, 9.17) is 9.47 Å². The summed E-state index contributed by atoms with van der Waals surface area (Å²) in [7, 11) is 3.57. The largest absolute Gasteiger partial charge is 0.497 e. The standard InChI is InChI=1S/C21H25BrN2O2/c1-25-18-4-3-15-10-21(20(26-2)19(15)9-18)5-6-24-17(11-21)8-14-7-16(22)13-23-12-14/h3-4,7,9,12-13,17,20,24H,5-6,8,10-11H2,1-2H3. The fraction of sp³-hybridized carbons (Fsp3) is 0.476. The third-order valence-corrected chi connectivity index (χ3v) is 6.36. The third-order valence-electron chi connectivity index (χ3n) is 5.92. The third kappa shape index (κ3) is 3.28. The number of aromatic nitrogens is 1. The van der Waals surface area contributed by atoms with Crippen molar-refractivity contribution in [1.82, 2.24) is 10.3 Å². The van der Waals surface area contributed by atoms with Crippen LogP contribution in [0.3, 0.4) is 0 Å². The van der Waals surface area contributed by atoms with Gasteiger partial charge in [-0.05, 0) is 83.0 Å². The van der Waals surface area contributed by atoms with Gasteiger partial charge in [-0.15, -0.1) is 0 Å². The van der Waals surface area contributed by atoms with Crippen molar-refractivity contribution in [3.63, 3.8) is 0 Å². The van der Waals surface area contributed by atoms with Crippen molar-refractivity contribution < 1.29 is 9.47 Å². The minimum absolute atomic E-state index is 0.137. The molecule has 2 heterocycles. The molecule has 1 aromatic heterocycles. The van der Waals surface area contributed by atoms with Gasteiger partial charge in [-0.3, -0.25) is 4.98 Å². The summed E-state index contributed by atoms with van der Waals surface area (Å²) in [6.45, 7) is 1.02. The zero-order valence-corrected chi connectivity index (χ0v) is 16.9. The van der Waals surface area contributed by atoms with Crippen LogP contribution in [0.2, 0.25) is 0 Å². The van der Waals surface area contributed by atoms with Crippen molar-refractivity contribution in [2.75, 3.05) is 20.8 Å². The van der Waals surface area contributed by atoms with Crippen LogP contribution in [0.15, 0.2) is 41.1 Å². The van der Waals surface area contributed by atoms with Gasteiger partial charge in [-0.1, -0.05) is 6.07 Å². The van der Waals surface area contributed by atoms with Crippen LogP contribution >= 0.6 is 15.9 Å². The van der Waals surface area contributed by atoms with Crippen molar-refractivity contribution >= 4 is 15.9 Å². The van der Waals surface area contributed by atoms with Crippen LogP contribution in [0.5, 0.6) is 5.75 Å². The number of pyridine rings is 1. The van der Waals surface area contributed by atoms with Gasteiger partial charge in [0.15, 0.2) is 0 Å². The fourth-order valence-corrected chi connectivity index (χ4v) is 5.28. The van der Waals surface area contributed by atoms with Crippen molar-refractivity contribution in [2.24, 2.45) is 5.41 Å². The molecule has 4 rings (SSSR count). The Bertz CT molecular complexity index is 797. The molecule has 1 aromatic carbocycles. The second-order valence-corrected chi connectivity index (χ2v) is 8.46. The Kier molecular flexibility index (Phi) is 5.04. The molecular formula is C21H25BrN2O2. The summed E-state index contributed by atoms with van der Waals surface area (Å²) in [6.07, 6.45) is 8.25. The van der Waals surface area contributed by atoms with Crippen LogP contribution < -0.4 is 10.1 Å². The number of hydrogen-bond donors (Lipinski definition) is 1. The number of nitrogens with one attached hydrogen (secondary N) is 1. The lowest BCUT2D eigenvalue weighted by molar-refractivity contribution is -0.0290. The minimum Gasteiger partial charge on any atom is -0.497 e. The maximum Gasteiger partial charge on any atom is 0.119 e. The highest BCUT2D eigenvalue weighted by atomic mass is 79.9. The Morgan fingerprint density at radius 3 is 2.92 bits per heavy atom. The predicted molar refractivity (Wildman–Crippen MR) is 106 cm³/mol. The van der Waals surface area contributed by atoms with Gasteiger partial charge >= 0.3 is 0 Å². The molecule has 1 aliphatic heterocycles. The Labute approximate surface area is 163 Å². The van der Waals surface area contributed by atoms with Crippen molar-refractivity contribution in [3.05, 3.63) is 57.8 Å². The quantitative estimate of drug-likeness (QED) is 0.815. The first kappa shape index (κ1) is 18.0. The van der Waals surface area contributed by atoms with Gasteiger partial charge < -0.3 is 14.8 Å². The van der Waals surface area contributed by atoms with Crippen LogP contribution in [-0.2, 0) is 17.6 Å². The average Bonchev–Trinajstić information content (AvgIpc) is 2.92. The number of piperidine rings is 1. The van der Waals surface area contributed by atoms with Gasteiger partial charge in [0, 0.05) is 35.4 Å². The molecular weight excluding hydrogens is 392 g/mol. The van der Waals surface area contributed by atoms with Crippen molar-refractivity contribution in [3.8, 4) is 5.75 Å². The predicted octanol–water partition coefficient (Wildman–Crippen LogP) is 4.08. The SMILES string of the molecule is COc1ccc2c(c1)C(OC)C1(CCNC(Cc3cncc(Br)c3)C1)C2. The van der Waals surface area contributed by atoms with E-state index in [1.54, 1.807) is 7.11 Å². The summed E-state index contributed by atoms with van der Waals surface area (Å²) in [5, 5.41) is 3.71. The summed E-state index contributed by atoms with van der Waals surface area (Å²) in [4.78, 5) is 4.31. The second kappa shape index (κ2) is 7.29. The lowest BCUT2D eigenvalue weighted by atomic mass is 9.71. The lowest BCUT2D eigenvalue weighted by Crippen LogP contribution is -2.47. The molecule has 0 saturated carbocycles. The first-order valence-corrected chi connectivity index (χ1v) is 9.95. The van der Waals surface area contributed by atoms with E-state index in [-0.39, 0.29) is 11.5 Å². The van der Waals surface area contributed by atoms with Crippen LogP contribution in [0.4, 0.5) is 0 Å². The van der Waals surface area contributed by atoms with Crippen LogP contribution in [0, 0.1) is 5.41 Å². The Hall–Kier alpha value is -1.43. The van der Waals surface area contributed by atoms with Gasteiger partial charge in [-0.25, -0.2) is 0 Å². The van der Waals surface area contributed by atoms with Gasteiger partial charge in [0.2, 0.25) is 0 Å². The number of benzene rings is 1. The number of halogens is 1. The molecule has 138 valence electrons. The summed E-state index contributed by atoms with van der Waals surface area (Å²) in [5.74, 6) is 0.911. The van der Waals surface area contributed by atoms with E-state index in [0.29, 0.717) is 6.04 Å². The number of ether oxygens (including phenoxy) is 2. The summed E-state index contributed by atoms with van der Waals surface area (Å²) >= 11 is 3.53. The molecule has 1 spiro atoms. The van der Waals surface area contributed by atoms with E-state index in [1.807, 2.05) is 19.5 Å². The first-order valence-electron chi connectivity index (χ1n) is 9.16. The second-order valence-electron chi connectivity index (χ2n) is 7.54. The molecule has 1 fully saturated rings. The van der Waals surface area contributed by atoms with Crippen LogP contribution in [0.1, 0.15) is 35.6 Å². The zero-order chi connectivity index (χ0) is 18.1. The van der Waals surface area contributed by atoms with Crippen molar-refractivity contribution in [1.29, 1.82) is 0 Å². The Morgan fingerprint density at radius 2 is 2.15 bits per heavy atom. The highest BCUT2D eigenvalue weighted by Crippen LogP contribution is 2.54. The average molecular weight is 417 g/mol. The summed E-state index contributed by atoms with van der Waals surface area (Å²) < 4.78 is 12.5. The van der Waals surface area contributed by atoms with Gasteiger partial charge in [0.25, 0.3) is 0 Å². The molecule has 3 unspecified atom stereocenters. The molecule has 2 aromatic rings. The van der Waals surface area contributed by atoms with Gasteiger partial charge in [-0.2, -0.15) is 0 Å². The molecule has 1 saturated heterocycles. The molecule has 0 radical (unpaired) electrons. The number of rotatable bonds is 4.